The zero-order valence-electron chi connectivity index (χ0n) is 13.8. The number of allylic oxidation sites excluding steroid dienone is 1. The molecule has 0 unspecified atom stereocenters. The number of hydrogen-bond donors (Lipinski definition) is 1. The van der Waals surface area contributed by atoms with E-state index in [1.807, 2.05) is 14.1 Å². The summed E-state index contributed by atoms with van der Waals surface area (Å²) in [6.07, 6.45) is 0.604. The molecule has 2 bridgehead atoms. The van der Waals surface area contributed by atoms with E-state index in [-0.39, 0.29) is 17.4 Å². The smallest absolute Gasteiger partial charge is 0.508 e. The Morgan fingerprint density at radius 1 is 1.25 bits per heavy atom. The summed E-state index contributed by atoms with van der Waals surface area (Å²) in [5.41, 5.74) is 1.23. The van der Waals surface area contributed by atoms with Crippen molar-refractivity contribution in [2.24, 2.45) is 17.8 Å². The standard InChI is InChI=1S/C18H22F3NO2/c1-22(2)10-16-12-4-3-11(7-12)8-14(16)15-9-13(23)5-6-17(15)24-18(19,20)21/h5-6,8-9,11-12,16,23H,3-4,7,10H2,1-2H3/t11-,12+,16-/m0/s1. The minimum absolute atomic E-state index is 0.0538. The Hall–Kier alpha value is -1.69. The molecule has 3 atom stereocenters. The Morgan fingerprint density at radius 2 is 2.00 bits per heavy atom. The number of alkyl halides is 3. The lowest BCUT2D eigenvalue weighted by Crippen LogP contribution is -2.30. The van der Waals surface area contributed by atoms with Crippen LogP contribution in [0.2, 0.25) is 0 Å². The second-order valence-corrected chi connectivity index (χ2v) is 7.05. The molecule has 0 saturated heterocycles. The first kappa shape index (κ1) is 17.1. The van der Waals surface area contributed by atoms with Crippen LogP contribution in [0.5, 0.6) is 11.5 Å². The van der Waals surface area contributed by atoms with E-state index in [1.165, 1.54) is 18.2 Å². The third-order valence-electron chi connectivity index (χ3n) is 4.96. The summed E-state index contributed by atoms with van der Waals surface area (Å²) in [7, 11) is 3.93. The molecule has 3 rings (SSSR count). The SMILES string of the molecule is CN(C)C[C@@H]1C(c2cc(O)ccc2OC(F)(F)F)=C[C@H]2CC[C@@H]1C2. The minimum Gasteiger partial charge on any atom is -0.508 e. The summed E-state index contributed by atoms with van der Waals surface area (Å²) < 4.78 is 42.5. The van der Waals surface area contributed by atoms with Gasteiger partial charge >= 0.3 is 6.36 Å². The molecule has 1 fully saturated rings. The topological polar surface area (TPSA) is 32.7 Å². The van der Waals surface area contributed by atoms with Crippen molar-refractivity contribution in [2.75, 3.05) is 20.6 Å². The fraction of sp³-hybridized carbons (Fsp3) is 0.556. The molecule has 1 N–H and O–H groups in total. The number of nitrogens with zero attached hydrogens (tertiary/aromatic N) is 1. The lowest BCUT2D eigenvalue weighted by molar-refractivity contribution is -0.274. The maximum Gasteiger partial charge on any atom is 0.573 e. The fourth-order valence-corrected chi connectivity index (χ4v) is 4.09. The van der Waals surface area contributed by atoms with Crippen molar-refractivity contribution in [1.82, 2.24) is 4.90 Å². The van der Waals surface area contributed by atoms with Crippen molar-refractivity contribution in [3.05, 3.63) is 29.8 Å². The Bertz CT molecular complexity index is 640. The molecular formula is C18H22F3NO2. The van der Waals surface area contributed by atoms with E-state index in [0.717, 1.165) is 31.4 Å². The molecule has 132 valence electrons. The number of rotatable bonds is 4. The monoisotopic (exact) mass is 341 g/mol. The summed E-state index contributed by atoms with van der Waals surface area (Å²) in [5, 5.41) is 9.81. The van der Waals surface area contributed by atoms with Crippen LogP contribution in [0.4, 0.5) is 13.2 Å². The van der Waals surface area contributed by atoms with Crippen LogP contribution in [-0.4, -0.2) is 37.0 Å². The highest BCUT2D eigenvalue weighted by atomic mass is 19.4. The van der Waals surface area contributed by atoms with Gasteiger partial charge in [0.2, 0.25) is 0 Å². The molecule has 1 aromatic rings. The first-order valence-electron chi connectivity index (χ1n) is 8.18. The van der Waals surface area contributed by atoms with Crippen LogP contribution in [-0.2, 0) is 0 Å². The normalized spacial score (nSPS) is 26.6. The van der Waals surface area contributed by atoms with Crippen LogP contribution in [0.3, 0.4) is 0 Å². The van der Waals surface area contributed by atoms with Crippen LogP contribution in [0.15, 0.2) is 24.3 Å². The van der Waals surface area contributed by atoms with Gasteiger partial charge < -0.3 is 14.7 Å². The van der Waals surface area contributed by atoms with Crippen molar-refractivity contribution in [2.45, 2.75) is 25.6 Å². The van der Waals surface area contributed by atoms with Crippen molar-refractivity contribution in [3.63, 3.8) is 0 Å². The molecule has 2 aliphatic carbocycles. The lowest BCUT2D eigenvalue weighted by atomic mass is 9.76. The average molecular weight is 341 g/mol. The quantitative estimate of drug-likeness (QED) is 0.887. The van der Waals surface area contributed by atoms with Crippen LogP contribution < -0.4 is 4.74 Å². The van der Waals surface area contributed by atoms with Gasteiger partial charge in [0.05, 0.1) is 0 Å². The predicted octanol–water partition coefficient (Wildman–Crippen LogP) is 4.28. The molecule has 24 heavy (non-hydrogen) atoms. The van der Waals surface area contributed by atoms with E-state index in [2.05, 4.69) is 15.7 Å². The molecule has 0 heterocycles. The highest BCUT2D eigenvalue weighted by Crippen LogP contribution is 2.50. The van der Waals surface area contributed by atoms with E-state index < -0.39 is 6.36 Å². The number of phenols is 1. The molecule has 0 amide bonds. The first-order valence-corrected chi connectivity index (χ1v) is 8.18. The molecule has 0 aromatic heterocycles. The first-order chi connectivity index (χ1) is 11.2. The van der Waals surface area contributed by atoms with Crippen molar-refractivity contribution in [3.8, 4) is 11.5 Å². The Balaban J connectivity index is 2.03. The van der Waals surface area contributed by atoms with E-state index in [1.54, 1.807) is 0 Å². The van der Waals surface area contributed by atoms with Crippen LogP contribution in [0, 0.1) is 17.8 Å². The van der Waals surface area contributed by atoms with Gasteiger partial charge in [-0.05, 0) is 74.9 Å². The highest BCUT2D eigenvalue weighted by molar-refractivity contribution is 5.74. The number of fused-ring (bicyclic) bond motifs is 2. The second kappa shape index (κ2) is 6.31. The molecule has 6 heteroatoms. The minimum atomic E-state index is -4.75. The van der Waals surface area contributed by atoms with Gasteiger partial charge in [-0.2, -0.15) is 0 Å². The van der Waals surface area contributed by atoms with Gasteiger partial charge in [-0.3, -0.25) is 0 Å². The number of hydrogen-bond acceptors (Lipinski definition) is 3. The van der Waals surface area contributed by atoms with Gasteiger partial charge in [0.25, 0.3) is 0 Å². The molecule has 2 aliphatic rings. The second-order valence-electron chi connectivity index (χ2n) is 7.05. The molecule has 0 radical (unpaired) electrons. The number of benzene rings is 1. The third kappa shape index (κ3) is 3.69. The Labute approximate surface area is 139 Å². The van der Waals surface area contributed by atoms with E-state index in [0.29, 0.717) is 17.4 Å². The summed E-state index contributed by atoms with van der Waals surface area (Å²) in [5.74, 6) is 0.734. The van der Waals surface area contributed by atoms with Gasteiger partial charge in [-0.1, -0.05) is 6.08 Å². The highest BCUT2D eigenvalue weighted by Gasteiger charge is 2.39. The molecule has 1 saturated carbocycles. The van der Waals surface area contributed by atoms with Crippen molar-refractivity contribution < 1.29 is 23.0 Å². The summed E-state index contributed by atoms with van der Waals surface area (Å²) in [6, 6.07) is 3.81. The van der Waals surface area contributed by atoms with Crippen LogP contribution in [0.25, 0.3) is 5.57 Å². The Morgan fingerprint density at radius 3 is 2.67 bits per heavy atom. The fourth-order valence-electron chi connectivity index (χ4n) is 4.09. The molecule has 1 aromatic carbocycles. The van der Waals surface area contributed by atoms with Crippen LogP contribution >= 0.6 is 0 Å². The number of phenolic OH excluding ortho intramolecular Hbond substituents is 1. The third-order valence-corrected chi connectivity index (χ3v) is 4.96. The summed E-state index contributed by atoms with van der Waals surface area (Å²) >= 11 is 0. The van der Waals surface area contributed by atoms with Crippen molar-refractivity contribution >= 4 is 5.57 Å². The number of halogens is 3. The number of ether oxygens (including phenoxy) is 1. The van der Waals surface area contributed by atoms with Gasteiger partial charge in [-0.15, -0.1) is 13.2 Å². The lowest BCUT2D eigenvalue weighted by Gasteiger charge is -2.33. The largest absolute Gasteiger partial charge is 0.573 e. The molecule has 0 aliphatic heterocycles. The van der Waals surface area contributed by atoms with Crippen molar-refractivity contribution in [1.29, 1.82) is 0 Å². The maximum absolute atomic E-state index is 12.7. The number of aromatic hydroxyl groups is 1. The molecule has 3 nitrogen and oxygen atoms in total. The summed E-state index contributed by atoms with van der Waals surface area (Å²) in [6.45, 7) is 0.768. The van der Waals surface area contributed by atoms with Gasteiger partial charge in [0, 0.05) is 12.1 Å². The predicted molar refractivity (Wildman–Crippen MR) is 85.6 cm³/mol. The van der Waals surface area contributed by atoms with E-state index in [9.17, 15) is 18.3 Å². The van der Waals surface area contributed by atoms with Gasteiger partial charge in [-0.25, -0.2) is 0 Å². The Kier molecular flexibility index (Phi) is 4.51. The zero-order chi connectivity index (χ0) is 17.5. The van der Waals surface area contributed by atoms with Gasteiger partial charge in [0.1, 0.15) is 11.5 Å². The zero-order valence-corrected chi connectivity index (χ0v) is 13.8. The molecular weight excluding hydrogens is 319 g/mol. The molecule has 0 spiro atoms. The summed E-state index contributed by atoms with van der Waals surface area (Å²) in [4.78, 5) is 2.06. The van der Waals surface area contributed by atoms with Gasteiger partial charge in [0.15, 0.2) is 0 Å². The maximum atomic E-state index is 12.7. The average Bonchev–Trinajstić information content (AvgIpc) is 2.85. The van der Waals surface area contributed by atoms with E-state index in [4.69, 9.17) is 0 Å². The van der Waals surface area contributed by atoms with Crippen LogP contribution in [0.1, 0.15) is 24.8 Å². The van der Waals surface area contributed by atoms with E-state index >= 15 is 0 Å².